The zero-order chi connectivity index (χ0) is 9.84. The molecule has 1 aliphatic rings. The fraction of sp³-hybridized carbons (Fsp3) is 0.900. The summed E-state index contributed by atoms with van der Waals surface area (Å²) in [5.41, 5.74) is 0. The van der Waals surface area contributed by atoms with Crippen LogP contribution in [0.25, 0.3) is 0 Å². The summed E-state index contributed by atoms with van der Waals surface area (Å²) in [6.45, 7) is 8.38. The van der Waals surface area contributed by atoms with Crippen LogP contribution in [0.1, 0.15) is 27.2 Å². The molecule has 0 aliphatic carbocycles. The Balaban J connectivity index is 2.54. The number of rotatable bonds is 3. The molecular formula is C10H19NO2. The van der Waals surface area contributed by atoms with Crippen LogP contribution in [0.4, 0.5) is 0 Å². The number of amides is 1. The third-order valence-corrected chi connectivity index (χ3v) is 2.71. The predicted molar refractivity (Wildman–Crippen MR) is 51.4 cm³/mol. The van der Waals surface area contributed by atoms with Crippen molar-refractivity contribution in [3.05, 3.63) is 0 Å². The molecule has 1 heterocycles. The molecule has 2 atom stereocenters. The summed E-state index contributed by atoms with van der Waals surface area (Å²) in [6.07, 6.45) is 0.831. The first kappa shape index (κ1) is 10.5. The van der Waals surface area contributed by atoms with Gasteiger partial charge >= 0.3 is 0 Å². The van der Waals surface area contributed by atoms with E-state index >= 15 is 0 Å². The van der Waals surface area contributed by atoms with Crippen molar-refractivity contribution in [2.75, 3.05) is 19.7 Å². The molecule has 1 amide bonds. The fourth-order valence-corrected chi connectivity index (χ4v) is 1.73. The van der Waals surface area contributed by atoms with E-state index in [4.69, 9.17) is 4.74 Å². The van der Waals surface area contributed by atoms with E-state index in [1.54, 1.807) is 0 Å². The molecule has 1 aliphatic heterocycles. The van der Waals surface area contributed by atoms with Gasteiger partial charge in [-0.05, 0) is 26.2 Å². The lowest BCUT2D eigenvalue weighted by Gasteiger charge is -2.23. The van der Waals surface area contributed by atoms with Crippen LogP contribution in [-0.4, -0.2) is 36.6 Å². The number of carbonyl (C=O) groups is 1. The maximum atomic E-state index is 11.8. The molecule has 0 aromatic heterocycles. The van der Waals surface area contributed by atoms with E-state index in [1.807, 2.05) is 18.7 Å². The zero-order valence-corrected chi connectivity index (χ0v) is 8.75. The van der Waals surface area contributed by atoms with Crippen LogP contribution >= 0.6 is 0 Å². The molecule has 0 bridgehead atoms. The molecule has 1 saturated heterocycles. The van der Waals surface area contributed by atoms with Crippen molar-refractivity contribution in [3.63, 3.8) is 0 Å². The van der Waals surface area contributed by atoms with E-state index in [0.29, 0.717) is 5.92 Å². The first-order chi connectivity index (χ1) is 6.20. The standard InChI is InChI=1S/C10H19NO2/c1-4-11(5-2)10(12)9-8(3)6-7-13-9/h8-9H,4-7H2,1-3H3. The molecule has 3 heteroatoms. The first-order valence-corrected chi connectivity index (χ1v) is 5.11. The summed E-state index contributed by atoms with van der Waals surface area (Å²) < 4.78 is 5.42. The normalized spacial score (nSPS) is 27.6. The number of nitrogens with zero attached hydrogens (tertiary/aromatic N) is 1. The van der Waals surface area contributed by atoms with Gasteiger partial charge in [-0.15, -0.1) is 0 Å². The highest BCUT2D eigenvalue weighted by atomic mass is 16.5. The minimum absolute atomic E-state index is 0.162. The average molecular weight is 185 g/mol. The minimum atomic E-state index is -0.181. The number of likely N-dealkylation sites (N-methyl/N-ethyl adjacent to an activating group) is 1. The predicted octanol–water partition coefficient (Wildman–Crippen LogP) is 1.28. The summed E-state index contributed by atoms with van der Waals surface area (Å²) in [5.74, 6) is 0.545. The lowest BCUT2D eigenvalue weighted by atomic mass is 10.0. The SMILES string of the molecule is CCN(CC)C(=O)C1OCCC1C. The summed E-state index contributed by atoms with van der Waals surface area (Å²) in [6, 6.07) is 0. The Bertz CT molecular complexity index is 178. The van der Waals surface area contributed by atoms with Gasteiger partial charge in [0.2, 0.25) is 0 Å². The van der Waals surface area contributed by atoms with Crippen molar-refractivity contribution < 1.29 is 9.53 Å². The Morgan fingerprint density at radius 1 is 1.46 bits per heavy atom. The Morgan fingerprint density at radius 2 is 2.08 bits per heavy atom. The first-order valence-electron chi connectivity index (χ1n) is 5.11. The largest absolute Gasteiger partial charge is 0.368 e. The van der Waals surface area contributed by atoms with Crippen LogP contribution in [0, 0.1) is 5.92 Å². The number of carbonyl (C=O) groups excluding carboxylic acids is 1. The average Bonchev–Trinajstić information content (AvgIpc) is 2.53. The molecule has 0 aromatic carbocycles. The van der Waals surface area contributed by atoms with Crippen molar-refractivity contribution in [2.45, 2.75) is 33.3 Å². The number of hydrogen-bond donors (Lipinski definition) is 0. The summed E-state index contributed by atoms with van der Waals surface area (Å²) in [4.78, 5) is 13.7. The van der Waals surface area contributed by atoms with Crippen molar-refractivity contribution >= 4 is 5.91 Å². The Morgan fingerprint density at radius 3 is 2.46 bits per heavy atom. The van der Waals surface area contributed by atoms with Crippen LogP contribution < -0.4 is 0 Å². The third kappa shape index (κ3) is 2.21. The molecule has 2 unspecified atom stereocenters. The van der Waals surface area contributed by atoms with E-state index in [9.17, 15) is 4.79 Å². The lowest BCUT2D eigenvalue weighted by Crippen LogP contribution is -2.40. The molecule has 13 heavy (non-hydrogen) atoms. The van der Waals surface area contributed by atoms with E-state index in [-0.39, 0.29) is 12.0 Å². The van der Waals surface area contributed by atoms with Gasteiger partial charge in [-0.2, -0.15) is 0 Å². The van der Waals surface area contributed by atoms with E-state index < -0.39 is 0 Å². The lowest BCUT2D eigenvalue weighted by molar-refractivity contribution is -0.142. The fourth-order valence-electron chi connectivity index (χ4n) is 1.73. The van der Waals surface area contributed by atoms with Gasteiger partial charge in [0, 0.05) is 19.7 Å². The van der Waals surface area contributed by atoms with E-state index in [0.717, 1.165) is 26.1 Å². The highest BCUT2D eigenvalue weighted by Crippen LogP contribution is 2.21. The zero-order valence-electron chi connectivity index (χ0n) is 8.75. The summed E-state index contributed by atoms with van der Waals surface area (Å²) >= 11 is 0. The van der Waals surface area contributed by atoms with Crippen molar-refractivity contribution in [1.82, 2.24) is 4.90 Å². The van der Waals surface area contributed by atoms with Crippen LogP contribution in [-0.2, 0) is 9.53 Å². The van der Waals surface area contributed by atoms with Gasteiger partial charge < -0.3 is 9.64 Å². The van der Waals surface area contributed by atoms with Gasteiger partial charge in [0.1, 0.15) is 6.10 Å². The van der Waals surface area contributed by atoms with Crippen LogP contribution in [0.15, 0.2) is 0 Å². The quantitative estimate of drug-likeness (QED) is 0.663. The van der Waals surface area contributed by atoms with Gasteiger partial charge in [-0.3, -0.25) is 4.79 Å². The molecule has 3 nitrogen and oxygen atoms in total. The molecule has 76 valence electrons. The Hall–Kier alpha value is -0.570. The molecular weight excluding hydrogens is 166 g/mol. The molecule has 0 spiro atoms. The third-order valence-electron chi connectivity index (χ3n) is 2.71. The second-order valence-corrected chi connectivity index (χ2v) is 3.57. The maximum Gasteiger partial charge on any atom is 0.251 e. The van der Waals surface area contributed by atoms with Gasteiger partial charge in [-0.25, -0.2) is 0 Å². The smallest absolute Gasteiger partial charge is 0.251 e. The Labute approximate surface area is 80.1 Å². The van der Waals surface area contributed by atoms with Crippen molar-refractivity contribution in [2.24, 2.45) is 5.92 Å². The monoisotopic (exact) mass is 185 g/mol. The number of hydrogen-bond acceptors (Lipinski definition) is 2. The van der Waals surface area contributed by atoms with Crippen LogP contribution in [0.3, 0.4) is 0 Å². The molecule has 1 rings (SSSR count). The van der Waals surface area contributed by atoms with Gasteiger partial charge in [0.05, 0.1) is 0 Å². The second-order valence-electron chi connectivity index (χ2n) is 3.57. The summed E-state index contributed by atoms with van der Waals surface area (Å²) in [5, 5.41) is 0. The van der Waals surface area contributed by atoms with Crippen LogP contribution in [0.2, 0.25) is 0 Å². The number of ether oxygens (including phenoxy) is 1. The summed E-state index contributed by atoms with van der Waals surface area (Å²) in [7, 11) is 0. The van der Waals surface area contributed by atoms with E-state index in [1.165, 1.54) is 0 Å². The highest BCUT2D eigenvalue weighted by Gasteiger charge is 2.32. The molecule has 0 N–H and O–H groups in total. The molecule has 0 radical (unpaired) electrons. The molecule has 0 aromatic rings. The minimum Gasteiger partial charge on any atom is -0.368 e. The van der Waals surface area contributed by atoms with Gasteiger partial charge in [0.15, 0.2) is 0 Å². The maximum absolute atomic E-state index is 11.8. The molecule has 1 fully saturated rings. The topological polar surface area (TPSA) is 29.5 Å². The van der Waals surface area contributed by atoms with Crippen molar-refractivity contribution in [3.8, 4) is 0 Å². The van der Waals surface area contributed by atoms with Crippen molar-refractivity contribution in [1.29, 1.82) is 0 Å². The highest BCUT2D eigenvalue weighted by molar-refractivity contribution is 5.81. The molecule has 0 saturated carbocycles. The van der Waals surface area contributed by atoms with Crippen LogP contribution in [0.5, 0.6) is 0 Å². The van der Waals surface area contributed by atoms with E-state index in [2.05, 4.69) is 6.92 Å². The second kappa shape index (κ2) is 4.61. The van der Waals surface area contributed by atoms with Gasteiger partial charge in [0.25, 0.3) is 5.91 Å². The van der Waals surface area contributed by atoms with Gasteiger partial charge in [-0.1, -0.05) is 6.92 Å². The Kier molecular flexibility index (Phi) is 3.72.